The van der Waals surface area contributed by atoms with Crippen molar-refractivity contribution in [2.45, 2.75) is 46.7 Å². The molecule has 1 amide bonds. The third kappa shape index (κ3) is 4.27. The minimum Gasteiger partial charge on any atom is -0.358 e. The maximum absolute atomic E-state index is 11.5. The van der Waals surface area contributed by atoms with E-state index in [0.717, 1.165) is 0 Å². The van der Waals surface area contributed by atoms with Gasteiger partial charge in [-0.25, -0.2) is 0 Å². The average Bonchev–Trinajstić information content (AvgIpc) is 1.96. The molecule has 0 aromatic rings. The number of rotatable bonds is 3. The van der Waals surface area contributed by atoms with Crippen LogP contribution in [0.1, 0.15) is 34.6 Å². The summed E-state index contributed by atoms with van der Waals surface area (Å²) in [6.45, 7) is 10.3. The maximum atomic E-state index is 11.5. The van der Waals surface area contributed by atoms with Crippen LogP contribution in [0.25, 0.3) is 0 Å². The Morgan fingerprint density at radius 1 is 1.23 bits per heavy atom. The summed E-state index contributed by atoms with van der Waals surface area (Å²) in [7, 11) is 1.67. The van der Waals surface area contributed by atoms with Crippen LogP contribution in [-0.2, 0) is 4.79 Å². The first-order valence-corrected chi connectivity index (χ1v) is 4.76. The van der Waals surface area contributed by atoms with E-state index in [2.05, 4.69) is 31.4 Å². The molecule has 0 aromatic heterocycles. The molecule has 3 nitrogen and oxygen atoms in total. The Kier molecular flexibility index (Phi) is 4.40. The molecule has 0 saturated heterocycles. The van der Waals surface area contributed by atoms with Gasteiger partial charge in [-0.05, 0) is 5.41 Å². The third-order valence-corrected chi connectivity index (χ3v) is 1.87. The highest BCUT2D eigenvalue weighted by molar-refractivity contribution is 5.82. The summed E-state index contributed by atoms with van der Waals surface area (Å²) < 4.78 is 0. The lowest BCUT2D eigenvalue weighted by molar-refractivity contribution is -0.125. The Morgan fingerprint density at radius 2 is 1.69 bits per heavy atom. The van der Waals surface area contributed by atoms with Crippen molar-refractivity contribution in [2.24, 2.45) is 5.41 Å². The van der Waals surface area contributed by atoms with E-state index >= 15 is 0 Å². The molecule has 1 atom stereocenters. The topological polar surface area (TPSA) is 41.1 Å². The Hall–Kier alpha value is -0.570. The largest absolute Gasteiger partial charge is 0.358 e. The van der Waals surface area contributed by atoms with Crippen LogP contribution < -0.4 is 10.6 Å². The Labute approximate surface area is 81.3 Å². The summed E-state index contributed by atoms with van der Waals surface area (Å²) in [6, 6.07) is 0.194. The Balaban J connectivity index is 4.47. The number of amides is 1. The van der Waals surface area contributed by atoms with Crippen LogP contribution in [0.15, 0.2) is 0 Å². The van der Waals surface area contributed by atoms with Gasteiger partial charge in [-0.1, -0.05) is 34.6 Å². The molecule has 0 heterocycles. The molecule has 2 N–H and O–H groups in total. The summed E-state index contributed by atoms with van der Waals surface area (Å²) in [6.07, 6.45) is 0. The van der Waals surface area contributed by atoms with Crippen LogP contribution in [0, 0.1) is 5.41 Å². The molecule has 13 heavy (non-hydrogen) atoms. The number of hydrogen-bond acceptors (Lipinski definition) is 2. The highest BCUT2D eigenvalue weighted by Gasteiger charge is 2.30. The molecular weight excluding hydrogens is 164 g/mol. The van der Waals surface area contributed by atoms with Crippen molar-refractivity contribution in [3.05, 3.63) is 0 Å². The normalized spacial score (nSPS) is 14.4. The van der Waals surface area contributed by atoms with Gasteiger partial charge in [0.05, 0.1) is 6.04 Å². The minimum atomic E-state index is -0.127. The van der Waals surface area contributed by atoms with Gasteiger partial charge in [0.15, 0.2) is 0 Å². The van der Waals surface area contributed by atoms with Gasteiger partial charge in [0.1, 0.15) is 0 Å². The number of carbonyl (C=O) groups is 1. The van der Waals surface area contributed by atoms with Crippen molar-refractivity contribution >= 4 is 5.91 Å². The minimum absolute atomic E-state index is 0.0512. The zero-order valence-electron chi connectivity index (χ0n) is 9.56. The zero-order chi connectivity index (χ0) is 10.6. The van der Waals surface area contributed by atoms with E-state index < -0.39 is 0 Å². The summed E-state index contributed by atoms with van der Waals surface area (Å²) >= 11 is 0. The van der Waals surface area contributed by atoms with Gasteiger partial charge in [-0.3, -0.25) is 4.79 Å². The second kappa shape index (κ2) is 4.61. The number of hydrogen-bond donors (Lipinski definition) is 2. The highest BCUT2D eigenvalue weighted by atomic mass is 16.2. The standard InChI is InChI=1S/C10H22N2O/c1-7(2)12-8(9(13)11-6)10(3,4)5/h7-8,12H,1-6H3,(H,11,13)/t8-/m0/s1. The first-order chi connectivity index (χ1) is 5.79. The van der Waals surface area contributed by atoms with Crippen molar-refractivity contribution in [3.63, 3.8) is 0 Å². The molecule has 0 fully saturated rings. The van der Waals surface area contributed by atoms with Crippen LogP contribution in [-0.4, -0.2) is 25.0 Å². The molecule has 78 valence electrons. The quantitative estimate of drug-likeness (QED) is 0.694. The first-order valence-electron chi connectivity index (χ1n) is 4.76. The van der Waals surface area contributed by atoms with Crippen LogP contribution in [0.4, 0.5) is 0 Å². The van der Waals surface area contributed by atoms with Crippen molar-refractivity contribution < 1.29 is 4.79 Å². The van der Waals surface area contributed by atoms with Gasteiger partial charge in [0, 0.05) is 13.1 Å². The van der Waals surface area contributed by atoms with Gasteiger partial charge in [0.2, 0.25) is 5.91 Å². The predicted octanol–water partition coefficient (Wildman–Crippen LogP) is 1.15. The van der Waals surface area contributed by atoms with Crippen molar-refractivity contribution in [1.29, 1.82) is 0 Å². The molecule has 0 spiro atoms. The van der Waals surface area contributed by atoms with Crippen molar-refractivity contribution in [2.75, 3.05) is 7.05 Å². The summed E-state index contributed by atoms with van der Waals surface area (Å²) in [5.74, 6) is 0.0567. The van der Waals surface area contributed by atoms with E-state index in [9.17, 15) is 4.79 Å². The summed E-state index contributed by atoms with van der Waals surface area (Å²) in [5, 5.41) is 5.93. The number of nitrogens with one attached hydrogen (secondary N) is 2. The van der Waals surface area contributed by atoms with E-state index in [4.69, 9.17) is 0 Å². The molecule has 0 unspecified atom stereocenters. The van der Waals surface area contributed by atoms with Crippen molar-refractivity contribution in [1.82, 2.24) is 10.6 Å². The average molecular weight is 186 g/mol. The molecule has 0 aliphatic heterocycles. The fourth-order valence-electron chi connectivity index (χ4n) is 1.20. The van der Waals surface area contributed by atoms with Crippen molar-refractivity contribution in [3.8, 4) is 0 Å². The molecule has 0 aliphatic rings. The van der Waals surface area contributed by atoms with Gasteiger partial charge >= 0.3 is 0 Å². The molecule has 0 saturated carbocycles. The Morgan fingerprint density at radius 3 is 1.92 bits per heavy atom. The molecule has 3 heteroatoms. The SMILES string of the molecule is CNC(=O)[C@H](NC(C)C)C(C)(C)C. The summed E-state index contributed by atoms with van der Waals surface area (Å²) in [4.78, 5) is 11.5. The van der Waals surface area contributed by atoms with Crippen LogP contribution in [0.5, 0.6) is 0 Å². The number of carbonyl (C=O) groups excluding carboxylic acids is 1. The fourth-order valence-corrected chi connectivity index (χ4v) is 1.20. The Bertz CT molecular complexity index is 170. The number of likely N-dealkylation sites (N-methyl/N-ethyl adjacent to an activating group) is 1. The van der Waals surface area contributed by atoms with E-state index in [1.165, 1.54) is 0 Å². The molecule has 0 aliphatic carbocycles. The van der Waals surface area contributed by atoms with Gasteiger partial charge in [0.25, 0.3) is 0 Å². The van der Waals surface area contributed by atoms with E-state index in [-0.39, 0.29) is 17.4 Å². The predicted molar refractivity (Wildman–Crippen MR) is 55.6 cm³/mol. The van der Waals surface area contributed by atoms with Gasteiger partial charge < -0.3 is 10.6 Å². The monoisotopic (exact) mass is 186 g/mol. The van der Waals surface area contributed by atoms with Gasteiger partial charge in [-0.2, -0.15) is 0 Å². The molecule has 0 rings (SSSR count). The van der Waals surface area contributed by atoms with E-state index in [1.807, 2.05) is 13.8 Å². The second-order valence-corrected chi connectivity index (χ2v) is 4.73. The van der Waals surface area contributed by atoms with E-state index in [1.54, 1.807) is 7.05 Å². The van der Waals surface area contributed by atoms with Crippen LogP contribution >= 0.6 is 0 Å². The first kappa shape index (κ1) is 12.4. The smallest absolute Gasteiger partial charge is 0.237 e. The maximum Gasteiger partial charge on any atom is 0.237 e. The summed E-state index contributed by atoms with van der Waals surface area (Å²) in [5.41, 5.74) is -0.0512. The van der Waals surface area contributed by atoms with Crippen LogP contribution in [0.2, 0.25) is 0 Å². The lowest BCUT2D eigenvalue weighted by atomic mass is 9.85. The highest BCUT2D eigenvalue weighted by Crippen LogP contribution is 2.19. The fraction of sp³-hybridized carbons (Fsp3) is 0.900. The van der Waals surface area contributed by atoms with Gasteiger partial charge in [-0.15, -0.1) is 0 Å². The lowest BCUT2D eigenvalue weighted by Gasteiger charge is -2.31. The second-order valence-electron chi connectivity index (χ2n) is 4.73. The third-order valence-electron chi connectivity index (χ3n) is 1.87. The molecule has 0 radical (unpaired) electrons. The zero-order valence-corrected chi connectivity index (χ0v) is 9.56. The van der Waals surface area contributed by atoms with E-state index in [0.29, 0.717) is 6.04 Å². The lowest BCUT2D eigenvalue weighted by Crippen LogP contribution is -2.52. The molecule has 0 aromatic carbocycles. The van der Waals surface area contributed by atoms with Crippen LogP contribution in [0.3, 0.4) is 0 Å². The molecule has 0 bridgehead atoms. The molecular formula is C10H22N2O.